The van der Waals surface area contributed by atoms with Crippen LogP contribution in [0.2, 0.25) is 0 Å². The molecule has 5 atom stereocenters. The number of aliphatic hydroxyl groups excluding tert-OH is 2. The first kappa shape index (κ1) is 23.4. The molecule has 0 amide bonds. The van der Waals surface area contributed by atoms with Crippen LogP contribution in [0.25, 0.3) is 0 Å². The van der Waals surface area contributed by atoms with Gasteiger partial charge in [-0.1, -0.05) is 5.92 Å². The molecule has 1 fully saturated rings. The van der Waals surface area contributed by atoms with Crippen molar-refractivity contribution in [3.05, 3.63) is 0 Å². The Hall–Kier alpha value is -1.66. The molecule has 154 valence electrons. The first-order valence-electron chi connectivity index (χ1n) is 8.74. The van der Waals surface area contributed by atoms with Crippen LogP contribution in [0.1, 0.15) is 41.5 Å². The molecule has 0 bridgehead atoms. The summed E-state index contributed by atoms with van der Waals surface area (Å²) < 4.78 is 21.2. The summed E-state index contributed by atoms with van der Waals surface area (Å²) >= 11 is 0. The van der Waals surface area contributed by atoms with Crippen LogP contribution in [0.15, 0.2) is 0 Å². The Labute approximate surface area is 160 Å². The van der Waals surface area contributed by atoms with E-state index >= 15 is 0 Å². The van der Waals surface area contributed by atoms with E-state index in [9.17, 15) is 19.8 Å². The SMILES string of the molecule is C#CCO[C@@H]1O[C@H](COC(=O)C(C)(C)C)[C@@H](O)[C@H](OC(=O)C(C)(C)C)[C@H]1O. The number of hydrogen-bond donors (Lipinski definition) is 2. The zero-order chi connectivity index (χ0) is 21.0. The minimum atomic E-state index is -1.46. The van der Waals surface area contributed by atoms with E-state index in [4.69, 9.17) is 25.4 Å². The molecular formula is C19H30O8. The summed E-state index contributed by atoms with van der Waals surface area (Å²) in [5.74, 6) is 1.13. The summed E-state index contributed by atoms with van der Waals surface area (Å²) in [5, 5.41) is 20.9. The van der Waals surface area contributed by atoms with Crippen molar-refractivity contribution < 1.29 is 38.7 Å². The second-order valence-electron chi connectivity index (χ2n) is 8.51. The van der Waals surface area contributed by atoms with Gasteiger partial charge in [-0.05, 0) is 41.5 Å². The molecule has 1 heterocycles. The van der Waals surface area contributed by atoms with Crippen LogP contribution in [-0.2, 0) is 28.5 Å². The predicted molar refractivity (Wildman–Crippen MR) is 95.2 cm³/mol. The molecule has 0 radical (unpaired) electrons. The molecule has 0 aliphatic carbocycles. The number of hydrogen-bond acceptors (Lipinski definition) is 8. The van der Waals surface area contributed by atoms with Gasteiger partial charge in [-0.25, -0.2) is 0 Å². The summed E-state index contributed by atoms with van der Waals surface area (Å²) in [6, 6.07) is 0. The van der Waals surface area contributed by atoms with Gasteiger partial charge in [0.25, 0.3) is 0 Å². The van der Waals surface area contributed by atoms with Crippen molar-refractivity contribution in [1.82, 2.24) is 0 Å². The minimum absolute atomic E-state index is 0.160. The standard InChI is InChI=1S/C19H30O8/c1-8-9-24-15-13(21)14(27-17(23)19(5,6)7)12(20)11(26-15)10-25-16(22)18(2,3)4/h1,11-15,20-21H,9-10H2,2-7H3/t11-,12-,13-,14+,15-/m1/s1. The highest BCUT2D eigenvalue weighted by atomic mass is 16.7. The fourth-order valence-corrected chi connectivity index (χ4v) is 2.12. The average Bonchev–Trinajstić information content (AvgIpc) is 2.54. The van der Waals surface area contributed by atoms with Crippen molar-refractivity contribution in [2.75, 3.05) is 13.2 Å². The van der Waals surface area contributed by atoms with Crippen molar-refractivity contribution >= 4 is 11.9 Å². The second kappa shape index (κ2) is 9.02. The van der Waals surface area contributed by atoms with Crippen molar-refractivity contribution in [3.63, 3.8) is 0 Å². The van der Waals surface area contributed by atoms with Gasteiger partial charge in [0.1, 0.15) is 31.5 Å². The Bertz CT molecular complexity index is 566. The fraction of sp³-hybridized carbons (Fsp3) is 0.789. The number of ether oxygens (including phenoxy) is 4. The molecule has 1 saturated heterocycles. The Morgan fingerprint density at radius 3 is 2.07 bits per heavy atom. The van der Waals surface area contributed by atoms with E-state index in [1.54, 1.807) is 41.5 Å². The van der Waals surface area contributed by atoms with Gasteiger partial charge in [0.2, 0.25) is 0 Å². The third kappa shape index (κ3) is 6.47. The van der Waals surface area contributed by atoms with Gasteiger partial charge >= 0.3 is 11.9 Å². The van der Waals surface area contributed by atoms with Gasteiger partial charge in [0.15, 0.2) is 12.4 Å². The molecular weight excluding hydrogens is 356 g/mol. The van der Waals surface area contributed by atoms with Crippen LogP contribution < -0.4 is 0 Å². The van der Waals surface area contributed by atoms with E-state index in [1.807, 2.05) is 0 Å². The monoisotopic (exact) mass is 386 g/mol. The number of aliphatic hydroxyl groups is 2. The molecule has 8 nitrogen and oxygen atoms in total. The van der Waals surface area contributed by atoms with E-state index in [1.165, 1.54) is 0 Å². The van der Waals surface area contributed by atoms with Gasteiger partial charge in [-0.15, -0.1) is 6.42 Å². The molecule has 0 spiro atoms. The lowest BCUT2D eigenvalue weighted by Gasteiger charge is -2.42. The Kier molecular flexibility index (Phi) is 7.81. The van der Waals surface area contributed by atoms with Crippen molar-refractivity contribution in [1.29, 1.82) is 0 Å². The largest absolute Gasteiger partial charge is 0.462 e. The Morgan fingerprint density at radius 2 is 1.59 bits per heavy atom. The first-order valence-corrected chi connectivity index (χ1v) is 8.74. The topological polar surface area (TPSA) is 112 Å². The lowest BCUT2D eigenvalue weighted by molar-refractivity contribution is -0.302. The van der Waals surface area contributed by atoms with Gasteiger partial charge in [-0.3, -0.25) is 9.59 Å². The van der Waals surface area contributed by atoms with Crippen LogP contribution in [0.5, 0.6) is 0 Å². The number of esters is 2. The van der Waals surface area contributed by atoms with Crippen LogP contribution in [0.3, 0.4) is 0 Å². The van der Waals surface area contributed by atoms with E-state index in [2.05, 4.69) is 5.92 Å². The Balaban J connectivity index is 2.94. The van der Waals surface area contributed by atoms with Gasteiger partial charge in [-0.2, -0.15) is 0 Å². The zero-order valence-corrected chi connectivity index (χ0v) is 16.7. The highest BCUT2D eigenvalue weighted by Crippen LogP contribution is 2.28. The molecule has 27 heavy (non-hydrogen) atoms. The van der Waals surface area contributed by atoms with Crippen LogP contribution in [-0.4, -0.2) is 66.1 Å². The van der Waals surface area contributed by atoms with Crippen LogP contribution >= 0.6 is 0 Å². The number of carbonyl (C=O) groups excluding carboxylic acids is 2. The maximum Gasteiger partial charge on any atom is 0.311 e. The fourth-order valence-electron chi connectivity index (χ4n) is 2.12. The maximum atomic E-state index is 12.2. The molecule has 1 aliphatic heterocycles. The molecule has 1 rings (SSSR count). The third-order valence-electron chi connectivity index (χ3n) is 3.82. The molecule has 0 aromatic rings. The maximum absolute atomic E-state index is 12.2. The van der Waals surface area contributed by atoms with Crippen molar-refractivity contribution in [2.45, 2.75) is 72.2 Å². The van der Waals surface area contributed by atoms with Gasteiger partial charge in [0, 0.05) is 0 Å². The molecule has 1 aliphatic rings. The van der Waals surface area contributed by atoms with Crippen LogP contribution in [0, 0.1) is 23.2 Å². The zero-order valence-electron chi connectivity index (χ0n) is 16.7. The second-order valence-corrected chi connectivity index (χ2v) is 8.51. The van der Waals surface area contributed by atoms with E-state index in [0.29, 0.717) is 0 Å². The molecule has 0 unspecified atom stereocenters. The summed E-state index contributed by atoms with van der Waals surface area (Å²) in [6.45, 7) is 9.51. The molecule has 2 N–H and O–H groups in total. The number of carbonyl (C=O) groups is 2. The Morgan fingerprint density at radius 1 is 1.04 bits per heavy atom. The quantitative estimate of drug-likeness (QED) is 0.523. The van der Waals surface area contributed by atoms with Crippen molar-refractivity contribution in [2.24, 2.45) is 10.8 Å². The third-order valence-corrected chi connectivity index (χ3v) is 3.82. The summed E-state index contributed by atoms with van der Waals surface area (Å²) in [6.07, 6.45) is -1.38. The minimum Gasteiger partial charge on any atom is -0.462 e. The highest BCUT2D eigenvalue weighted by molar-refractivity contribution is 5.76. The molecule has 0 aromatic carbocycles. The summed E-state index contributed by atoms with van der Waals surface area (Å²) in [4.78, 5) is 24.2. The van der Waals surface area contributed by atoms with E-state index in [-0.39, 0.29) is 13.2 Å². The average molecular weight is 386 g/mol. The lowest BCUT2D eigenvalue weighted by Crippen LogP contribution is -2.61. The highest BCUT2D eigenvalue weighted by Gasteiger charge is 2.48. The predicted octanol–water partition coefficient (Wildman–Crippen LogP) is 0.630. The van der Waals surface area contributed by atoms with Gasteiger partial charge in [0.05, 0.1) is 10.8 Å². The number of rotatable bonds is 5. The first-order chi connectivity index (χ1) is 12.3. The van der Waals surface area contributed by atoms with E-state index < -0.39 is 53.5 Å². The van der Waals surface area contributed by atoms with E-state index in [0.717, 1.165) is 0 Å². The molecule has 0 saturated carbocycles. The summed E-state index contributed by atoms with van der Waals surface area (Å²) in [5.41, 5.74) is -1.59. The molecule has 0 aromatic heterocycles. The summed E-state index contributed by atoms with van der Waals surface area (Å²) in [7, 11) is 0. The normalized spacial score (nSPS) is 28.9. The lowest BCUT2D eigenvalue weighted by atomic mass is 9.95. The van der Waals surface area contributed by atoms with Crippen molar-refractivity contribution in [3.8, 4) is 12.3 Å². The number of terminal acetylenes is 1. The smallest absolute Gasteiger partial charge is 0.311 e. The van der Waals surface area contributed by atoms with Crippen LogP contribution in [0.4, 0.5) is 0 Å². The van der Waals surface area contributed by atoms with Gasteiger partial charge < -0.3 is 29.2 Å². The molecule has 8 heteroatoms.